The van der Waals surface area contributed by atoms with Crippen LogP contribution in [0.25, 0.3) is 0 Å². The van der Waals surface area contributed by atoms with Gasteiger partial charge < -0.3 is 9.52 Å². The SMILES string of the molecule is CC(O)c1cc(Cl)co1. The van der Waals surface area contributed by atoms with Crippen molar-refractivity contribution in [1.82, 2.24) is 0 Å². The Morgan fingerprint density at radius 1 is 1.78 bits per heavy atom. The lowest BCUT2D eigenvalue weighted by atomic mass is 10.3. The van der Waals surface area contributed by atoms with Gasteiger partial charge in [0.15, 0.2) is 0 Å². The molecule has 50 valence electrons. The Morgan fingerprint density at radius 3 is 2.67 bits per heavy atom. The zero-order valence-corrected chi connectivity index (χ0v) is 5.72. The molecular weight excluding hydrogens is 140 g/mol. The molecule has 0 aliphatic carbocycles. The molecule has 3 heteroatoms. The molecule has 1 heterocycles. The minimum atomic E-state index is -0.572. The first kappa shape index (κ1) is 6.65. The number of rotatable bonds is 1. The van der Waals surface area contributed by atoms with Crippen LogP contribution in [0.4, 0.5) is 0 Å². The van der Waals surface area contributed by atoms with Gasteiger partial charge in [0.25, 0.3) is 0 Å². The predicted molar refractivity (Wildman–Crippen MR) is 34.4 cm³/mol. The van der Waals surface area contributed by atoms with Gasteiger partial charge in [-0.15, -0.1) is 0 Å². The van der Waals surface area contributed by atoms with Gasteiger partial charge in [-0.1, -0.05) is 11.6 Å². The summed E-state index contributed by atoms with van der Waals surface area (Å²) in [4.78, 5) is 0. The van der Waals surface area contributed by atoms with Crippen molar-refractivity contribution in [2.24, 2.45) is 0 Å². The van der Waals surface area contributed by atoms with Crippen molar-refractivity contribution in [3.05, 3.63) is 23.1 Å². The molecule has 2 nitrogen and oxygen atoms in total. The number of aliphatic hydroxyl groups is 1. The summed E-state index contributed by atoms with van der Waals surface area (Å²) in [7, 11) is 0. The molecule has 1 aromatic heterocycles. The topological polar surface area (TPSA) is 33.4 Å². The molecule has 1 N–H and O–H groups in total. The lowest BCUT2D eigenvalue weighted by Crippen LogP contribution is -1.84. The second-order valence-electron chi connectivity index (χ2n) is 1.84. The number of aliphatic hydroxyl groups excluding tert-OH is 1. The van der Waals surface area contributed by atoms with E-state index in [4.69, 9.17) is 21.1 Å². The van der Waals surface area contributed by atoms with Crippen LogP contribution in [0.3, 0.4) is 0 Å². The summed E-state index contributed by atoms with van der Waals surface area (Å²) >= 11 is 5.50. The van der Waals surface area contributed by atoms with Gasteiger partial charge in [0.2, 0.25) is 0 Å². The number of hydrogen-bond acceptors (Lipinski definition) is 2. The van der Waals surface area contributed by atoms with E-state index in [9.17, 15) is 0 Å². The van der Waals surface area contributed by atoms with Crippen molar-refractivity contribution in [2.45, 2.75) is 13.0 Å². The van der Waals surface area contributed by atoms with Crippen LogP contribution in [0.5, 0.6) is 0 Å². The Labute approximate surface area is 58.1 Å². The van der Waals surface area contributed by atoms with Crippen LogP contribution in [0.1, 0.15) is 18.8 Å². The second-order valence-corrected chi connectivity index (χ2v) is 2.28. The Morgan fingerprint density at radius 2 is 2.44 bits per heavy atom. The Balaban J connectivity index is 2.85. The van der Waals surface area contributed by atoms with Crippen LogP contribution in [-0.4, -0.2) is 5.11 Å². The molecule has 0 amide bonds. The quantitative estimate of drug-likeness (QED) is 0.657. The van der Waals surface area contributed by atoms with Gasteiger partial charge >= 0.3 is 0 Å². The molecule has 0 aliphatic heterocycles. The highest BCUT2D eigenvalue weighted by Gasteiger charge is 2.04. The van der Waals surface area contributed by atoms with Crippen LogP contribution < -0.4 is 0 Å². The summed E-state index contributed by atoms with van der Waals surface area (Å²) in [5.74, 6) is 0.500. The minimum absolute atomic E-state index is 0.500. The highest BCUT2D eigenvalue weighted by atomic mass is 35.5. The van der Waals surface area contributed by atoms with E-state index in [1.165, 1.54) is 6.26 Å². The average Bonchev–Trinajstić information content (AvgIpc) is 2.14. The van der Waals surface area contributed by atoms with E-state index in [0.29, 0.717) is 10.8 Å². The summed E-state index contributed by atoms with van der Waals surface area (Å²) in [6, 6.07) is 1.59. The molecule has 1 aromatic rings. The zero-order valence-electron chi connectivity index (χ0n) is 4.97. The lowest BCUT2D eigenvalue weighted by Gasteiger charge is -1.94. The van der Waals surface area contributed by atoms with Crippen LogP contribution >= 0.6 is 11.6 Å². The fourth-order valence-electron chi connectivity index (χ4n) is 0.547. The first-order valence-corrected chi connectivity index (χ1v) is 3.00. The van der Waals surface area contributed by atoms with Crippen molar-refractivity contribution >= 4 is 11.6 Å². The Hall–Kier alpha value is -0.470. The van der Waals surface area contributed by atoms with Crippen molar-refractivity contribution < 1.29 is 9.52 Å². The first-order chi connectivity index (χ1) is 4.20. The molecule has 0 radical (unpaired) electrons. The number of furan rings is 1. The summed E-state index contributed by atoms with van der Waals surface area (Å²) in [6.45, 7) is 1.62. The highest BCUT2D eigenvalue weighted by molar-refractivity contribution is 6.30. The normalized spacial score (nSPS) is 13.7. The Kier molecular flexibility index (Phi) is 1.78. The predicted octanol–water partition coefficient (Wildman–Crippen LogP) is 1.99. The zero-order chi connectivity index (χ0) is 6.85. The molecule has 0 saturated carbocycles. The van der Waals surface area contributed by atoms with E-state index < -0.39 is 6.10 Å². The first-order valence-electron chi connectivity index (χ1n) is 2.62. The maximum atomic E-state index is 8.88. The Bertz CT molecular complexity index is 193. The van der Waals surface area contributed by atoms with Crippen LogP contribution in [0, 0.1) is 0 Å². The van der Waals surface area contributed by atoms with E-state index in [0.717, 1.165) is 0 Å². The van der Waals surface area contributed by atoms with Crippen molar-refractivity contribution in [3.63, 3.8) is 0 Å². The molecule has 9 heavy (non-hydrogen) atoms. The van der Waals surface area contributed by atoms with E-state index in [1.807, 2.05) is 0 Å². The molecule has 1 atom stereocenters. The van der Waals surface area contributed by atoms with Crippen molar-refractivity contribution in [3.8, 4) is 0 Å². The van der Waals surface area contributed by atoms with E-state index in [1.54, 1.807) is 13.0 Å². The lowest BCUT2D eigenvalue weighted by molar-refractivity contribution is 0.169. The maximum Gasteiger partial charge on any atom is 0.133 e. The van der Waals surface area contributed by atoms with Gasteiger partial charge in [0.05, 0.1) is 5.02 Å². The smallest absolute Gasteiger partial charge is 0.133 e. The van der Waals surface area contributed by atoms with Crippen LogP contribution in [-0.2, 0) is 0 Å². The van der Waals surface area contributed by atoms with Crippen LogP contribution in [0.2, 0.25) is 5.02 Å². The molecule has 0 aliphatic rings. The number of halogens is 1. The molecule has 0 aromatic carbocycles. The molecule has 1 rings (SSSR count). The summed E-state index contributed by atoms with van der Waals surface area (Å²) in [6.07, 6.45) is 0.821. The summed E-state index contributed by atoms with van der Waals surface area (Å²) in [5, 5.41) is 9.40. The van der Waals surface area contributed by atoms with Gasteiger partial charge in [0, 0.05) is 6.07 Å². The number of hydrogen-bond donors (Lipinski definition) is 1. The van der Waals surface area contributed by atoms with Crippen molar-refractivity contribution in [2.75, 3.05) is 0 Å². The monoisotopic (exact) mass is 146 g/mol. The fourth-order valence-corrected chi connectivity index (χ4v) is 0.699. The van der Waals surface area contributed by atoms with E-state index >= 15 is 0 Å². The molecule has 0 fully saturated rings. The average molecular weight is 147 g/mol. The van der Waals surface area contributed by atoms with Gasteiger partial charge in [-0.05, 0) is 6.92 Å². The molecule has 1 unspecified atom stereocenters. The second kappa shape index (κ2) is 2.42. The minimum Gasteiger partial charge on any atom is -0.465 e. The molecular formula is C6H7ClO2. The third kappa shape index (κ3) is 1.47. The standard InChI is InChI=1S/C6H7ClO2/c1-4(8)6-2-5(7)3-9-6/h2-4,8H,1H3. The van der Waals surface area contributed by atoms with Crippen LogP contribution in [0.15, 0.2) is 16.7 Å². The highest BCUT2D eigenvalue weighted by Crippen LogP contribution is 2.18. The van der Waals surface area contributed by atoms with Gasteiger partial charge in [-0.3, -0.25) is 0 Å². The van der Waals surface area contributed by atoms with E-state index in [2.05, 4.69) is 0 Å². The third-order valence-corrected chi connectivity index (χ3v) is 1.20. The third-order valence-electron chi connectivity index (χ3n) is 0.999. The fraction of sp³-hybridized carbons (Fsp3) is 0.333. The van der Waals surface area contributed by atoms with Gasteiger partial charge in [0.1, 0.15) is 18.1 Å². The molecule has 0 spiro atoms. The van der Waals surface area contributed by atoms with Gasteiger partial charge in [-0.2, -0.15) is 0 Å². The largest absolute Gasteiger partial charge is 0.465 e. The molecule has 0 bridgehead atoms. The summed E-state index contributed by atoms with van der Waals surface area (Å²) < 4.78 is 4.84. The van der Waals surface area contributed by atoms with Gasteiger partial charge in [-0.25, -0.2) is 0 Å². The van der Waals surface area contributed by atoms with E-state index in [-0.39, 0.29) is 0 Å². The maximum absolute atomic E-state index is 8.88. The molecule has 0 saturated heterocycles. The van der Waals surface area contributed by atoms with Crippen molar-refractivity contribution in [1.29, 1.82) is 0 Å². The summed E-state index contributed by atoms with van der Waals surface area (Å²) in [5.41, 5.74) is 0.